The van der Waals surface area contributed by atoms with Crippen molar-refractivity contribution in [1.29, 1.82) is 0 Å². The van der Waals surface area contributed by atoms with E-state index in [0.717, 1.165) is 11.3 Å². The predicted octanol–water partition coefficient (Wildman–Crippen LogP) is 3.07. The van der Waals surface area contributed by atoms with Crippen molar-refractivity contribution in [1.82, 2.24) is 14.9 Å². The van der Waals surface area contributed by atoms with Gasteiger partial charge in [-0.2, -0.15) is 0 Å². The largest absolute Gasteiger partial charge is 0.465 e. The third-order valence-corrected chi connectivity index (χ3v) is 3.99. The molecule has 1 aromatic carbocycles. The number of carbonyl (C=O) groups excluding carboxylic acids is 1. The summed E-state index contributed by atoms with van der Waals surface area (Å²) in [5.41, 5.74) is 1.75. The van der Waals surface area contributed by atoms with E-state index in [2.05, 4.69) is 15.3 Å². The van der Waals surface area contributed by atoms with Crippen LogP contribution in [-0.2, 0) is 13.0 Å². The summed E-state index contributed by atoms with van der Waals surface area (Å²) in [5, 5.41) is 12.3. The number of fused-ring (bicyclic) bond motifs is 1. The first kappa shape index (κ1) is 16.5. The van der Waals surface area contributed by atoms with Crippen molar-refractivity contribution >= 4 is 41.2 Å². The topological polar surface area (TPSA) is 95.4 Å². The molecule has 2 N–H and O–H groups in total. The van der Waals surface area contributed by atoms with Gasteiger partial charge in [-0.15, -0.1) is 0 Å². The number of amides is 2. The molecule has 0 saturated heterocycles. The number of carbonyl (C=O) groups is 2. The van der Waals surface area contributed by atoms with Gasteiger partial charge in [0.05, 0.1) is 12.2 Å². The number of hydrogen-bond acceptors (Lipinski definition) is 4. The number of anilines is 1. The molecule has 0 fully saturated rings. The van der Waals surface area contributed by atoms with Crippen molar-refractivity contribution in [3.05, 3.63) is 51.3 Å². The molecule has 0 radical (unpaired) electrons. The van der Waals surface area contributed by atoms with Gasteiger partial charge in [-0.25, -0.2) is 14.8 Å². The van der Waals surface area contributed by atoms with Crippen LogP contribution in [0.2, 0.25) is 10.0 Å². The molecule has 7 nitrogen and oxygen atoms in total. The molecule has 0 unspecified atom stereocenters. The lowest BCUT2D eigenvalue weighted by molar-refractivity contribution is 0.102. The third-order valence-electron chi connectivity index (χ3n) is 3.55. The molecule has 0 aliphatic carbocycles. The van der Waals surface area contributed by atoms with Crippen molar-refractivity contribution in [2.24, 2.45) is 0 Å². The molecule has 0 saturated carbocycles. The van der Waals surface area contributed by atoms with Crippen molar-refractivity contribution in [3.8, 4) is 0 Å². The molecule has 1 aromatic heterocycles. The van der Waals surface area contributed by atoms with Crippen LogP contribution >= 0.6 is 23.2 Å². The van der Waals surface area contributed by atoms with E-state index < -0.39 is 12.0 Å². The minimum absolute atomic E-state index is 0.152. The van der Waals surface area contributed by atoms with Gasteiger partial charge in [0.1, 0.15) is 0 Å². The Morgan fingerprint density at radius 1 is 1.21 bits per heavy atom. The molecule has 1 aliphatic rings. The molecule has 2 aromatic rings. The van der Waals surface area contributed by atoms with Crippen LogP contribution < -0.4 is 5.32 Å². The van der Waals surface area contributed by atoms with E-state index >= 15 is 0 Å². The predicted molar refractivity (Wildman–Crippen MR) is 88.6 cm³/mol. The van der Waals surface area contributed by atoms with Crippen LogP contribution in [0.5, 0.6) is 0 Å². The fourth-order valence-corrected chi connectivity index (χ4v) is 2.92. The summed E-state index contributed by atoms with van der Waals surface area (Å²) < 4.78 is 0. The van der Waals surface area contributed by atoms with Crippen molar-refractivity contribution in [2.45, 2.75) is 13.0 Å². The van der Waals surface area contributed by atoms with E-state index in [1.54, 1.807) is 0 Å². The Bertz CT molecular complexity index is 808. The van der Waals surface area contributed by atoms with Gasteiger partial charge >= 0.3 is 6.09 Å². The Balaban J connectivity index is 1.77. The minimum atomic E-state index is -0.976. The van der Waals surface area contributed by atoms with Crippen molar-refractivity contribution < 1.29 is 14.7 Å². The molecule has 0 atom stereocenters. The summed E-state index contributed by atoms with van der Waals surface area (Å²) in [4.78, 5) is 32.9. The maximum Gasteiger partial charge on any atom is 0.407 e. The first-order chi connectivity index (χ1) is 11.4. The Morgan fingerprint density at radius 3 is 2.58 bits per heavy atom. The highest BCUT2D eigenvalue weighted by Gasteiger charge is 2.22. The zero-order chi connectivity index (χ0) is 17.3. The maximum absolute atomic E-state index is 12.2. The highest BCUT2D eigenvalue weighted by molar-refractivity contribution is 6.35. The fraction of sp³-hybridized carbons (Fsp3) is 0.200. The second kappa shape index (κ2) is 6.62. The van der Waals surface area contributed by atoms with Crippen molar-refractivity contribution in [3.63, 3.8) is 0 Å². The molecule has 2 heterocycles. The highest BCUT2D eigenvalue weighted by atomic mass is 35.5. The SMILES string of the molecule is O=C(Nc1ncc2c(n1)CCN(C(=O)O)C2)c1cc(Cl)cc(Cl)c1. The smallest absolute Gasteiger partial charge is 0.407 e. The number of rotatable bonds is 2. The second-order valence-corrected chi connectivity index (χ2v) is 6.10. The molecular formula is C15H12Cl2N4O3. The molecular weight excluding hydrogens is 355 g/mol. The molecule has 124 valence electrons. The lowest BCUT2D eigenvalue weighted by atomic mass is 10.1. The quantitative estimate of drug-likeness (QED) is 0.851. The molecule has 0 bridgehead atoms. The maximum atomic E-state index is 12.2. The summed E-state index contributed by atoms with van der Waals surface area (Å²) >= 11 is 11.8. The lowest BCUT2D eigenvalue weighted by Crippen LogP contribution is -2.35. The van der Waals surface area contributed by atoms with Gasteiger partial charge in [-0.3, -0.25) is 10.1 Å². The molecule has 24 heavy (non-hydrogen) atoms. The monoisotopic (exact) mass is 366 g/mol. The van der Waals surface area contributed by atoms with Crippen LogP contribution in [0.3, 0.4) is 0 Å². The fourth-order valence-electron chi connectivity index (χ4n) is 2.40. The standard InChI is InChI=1S/C15H12Cl2N4O3/c16-10-3-8(4-11(17)5-10)13(22)20-14-18-6-9-7-21(15(23)24)2-1-12(9)19-14/h3-6H,1-2,7H2,(H,23,24)(H,18,19,20,22). The van der Waals surface area contributed by atoms with Crippen molar-refractivity contribution in [2.75, 3.05) is 11.9 Å². The van der Waals surface area contributed by atoms with E-state index in [1.165, 1.54) is 29.3 Å². The number of nitrogens with one attached hydrogen (secondary N) is 1. The lowest BCUT2D eigenvalue weighted by Gasteiger charge is -2.25. The Hall–Kier alpha value is -2.38. The van der Waals surface area contributed by atoms with Crippen LogP contribution in [0, 0.1) is 0 Å². The second-order valence-electron chi connectivity index (χ2n) is 5.23. The van der Waals surface area contributed by atoms with E-state index in [-0.39, 0.29) is 12.5 Å². The first-order valence-corrected chi connectivity index (χ1v) is 7.78. The van der Waals surface area contributed by atoms with Gasteiger partial charge in [-0.1, -0.05) is 23.2 Å². The number of benzene rings is 1. The van der Waals surface area contributed by atoms with Crippen LogP contribution in [0.4, 0.5) is 10.7 Å². The average molecular weight is 367 g/mol. The zero-order valence-electron chi connectivity index (χ0n) is 12.3. The number of aromatic nitrogens is 2. The normalized spacial score (nSPS) is 13.3. The third kappa shape index (κ3) is 3.58. The Kier molecular flexibility index (Phi) is 4.55. The van der Waals surface area contributed by atoms with E-state index in [0.29, 0.717) is 28.6 Å². The van der Waals surface area contributed by atoms with Crippen LogP contribution in [0.15, 0.2) is 24.4 Å². The minimum Gasteiger partial charge on any atom is -0.465 e. The van der Waals surface area contributed by atoms with Crippen LogP contribution in [-0.4, -0.2) is 38.5 Å². The zero-order valence-corrected chi connectivity index (χ0v) is 13.8. The van der Waals surface area contributed by atoms with Gasteiger partial charge in [-0.05, 0) is 18.2 Å². The summed E-state index contributed by atoms with van der Waals surface area (Å²) in [5.74, 6) is -0.277. The first-order valence-electron chi connectivity index (χ1n) is 7.02. The highest BCUT2D eigenvalue weighted by Crippen LogP contribution is 2.21. The molecule has 1 aliphatic heterocycles. The summed E-state index contributed by atoms with van der Waals surface area (Å²) in [6.07, 6.45) is 1.02. The molecule has 2 amide bonds. The Labute approximate surface area is 147 Å². The Morgan fingerprint density at radius 2 is 1.92 bits per heavy atom. The van der Waals surface area contributed by atoms with Gasteiger partial charge < -0.3 is 10.0 Å². The molecule has 0 spiro atoms. The van der Waals surface area contributed by atoms with E-state index in [4.69, 9.17) is 28.3 Å². The number of nitrogens with zero attached hydrogens (tertiary/aromatic N) is 3. The number of hydrogen-bond donors (Lipinski definition) is 2. The summed E-state index contributed by atoms with van der Waals surface area (Å²) in [7, 11) is 0. The summed E-state index contributed by atoms with van der Waals surface area (Å²) in [6.45, 7) is 0.597. The van der Waals surface area contributed by atoms with E-state index in [9.17, 15) is 9.59 Å². The van der Waals surface area contributed by atoms with E-state index in [1.807, 2.05) is 0 Å². The summed E-state index contributed by atoms with van der Waals surface area (Å²) in [6, 6.07) is 4.52. The number of carboxylic acid groups (broad SMARTS) is 1. The number of halogens is 2. The average Bonchev–Trinajstić information content (AvgIpc) is 2.53. The van der Waals surface area contributed by atoms with Crippen LogP contribution in [0.1, 0.15) is 21.6 Å². The molecule has 3 rings (SSSR count). The van der Waals surface area contributed by atoms with Gasteiger partial charge in [0.25, 0.3) is 5.91 Å². The van der Waals surface area contributed by atoms with Gasteiger partial charge in [0.15, 0.2) is 0 Å². The van der Waals surface area contributed by atoms with Crippen LogP contribution in [0.25, 0.3) is 0 Å². The van der Waals surface area contributed by atoms with Gasteiger partial charge in [0.2, 0.25) is 5.95 Å². The molecule has 9 heteroatoms. The van der Waals surface area contributed by atoms with Gasteiger partial charge in [0, 0.05) is 40.3 Å².